The molecule has 0 saturated heterocycles. The number of thiophene rings is 1. The van der Waals surface area contributed by atoms with Gasteiger partial charge in [0.1, 0.15) is 0 Å². The van der Waals surface area contributed by atoms with Crippen LogP contribution < -0.4 is 0 Å². The second kappa shape index (κ2) is 3.93. The Kier molecular flexibility index (Phi) is 2.81. The molecule has 0 bridgehead atoms. The number of thioether (sulfide) groups is 1. The Hall–Kier alpha value is -0.510. The van der Waals surface area contributed by atoms with E-state index in [-0.39, 0.29) is 6.61 Å². The molecule has 0 aliphatic carbocycles. The van der Waals surface area contributed by atoms with Crippen LogP contribution in [0.25, 0.3) is 10.1 Å². The number of hydrogen-bond donors (Lipinski definition) is 1. The summed E-state index contributed by atoms with van der Waals surface area (Å²) in [5, 5.41) is 12.7. The van der Waals surface area contributed by atoms with Crippen molar-refractivity contribution in [2.45, 2.75) is 18.4 Å². The van der Waals surface area contributed by atoms with Gasteiger partial charge < -0.3 is 5.11 Å². The van der Waals surface area contributed by atoms with Crippen LogP contribution in [0.4, 0.5) is 0 Å². The SMILES string of the molecule is CSc1c(CO)ccc2c(C)csc12. The van der Waals surface area contributed by atoms with E-state index in [9.17, 15) is 5.11 Å². The van der Waals surface area contributed by atoms with Gasteiger partial charge >= 0.3 is 0 Å². The molecule has 1 heterocycles. The van der Waals surface area contributed by atoms with Crippen molar-refractivity contribution in [3.63, 3.8) is 0 Å². The molecular formula is C11H12OS2. The highest BCUT2D eigenvalue weighted by Crippen LogP contribution is 2.35. The van der Waals surface area contributed by atoms with Gasteiger partial charge in [-0.25, -0.2) is 0 Å². The molecule has 2 rings (SSSR count). The Balaban J connectivity index is 2.77. The molecule has 1 nitrogen and oxygen atoms in total. The third-order valence-corrected chi connectivity index (χ3v) is 4.48. The average molecular weight is 224 g/mol. The highest BCUT2D eigenvalue weighted by atomic mass is 32.2. The Bertz CT molecular complexity index is 460. The summed E-state index contributed by atoms with van der Waals surface area (Å²) in [6, 6.07) is 4.13. The fourth-order valence-electron chi connectivity index (χ4n) is 1.59. The lowest BCUT2D eigenvalue weighted by atomic mass is 10.1. The summed E-state index contributed by atoms with van der Waals surface area (Å²) in [6.45, 7) is 2.25. The minimum absolute atomic E-state index is 0.128. The number of fused-ring (bicyclic) bond motifs is 1. The van der Waals surface area contributed by atoms with Crippen LogP contribution in [0.1, 0.15) is 11.1 Å². The van der Waals surface area contributed by atoms with Gasteiger partial charge in [0.25, 0.3) is 0 Å². The van der Waals surface area contributed by atoms with E-state index in [1.807, 2.05) is 6.07 Å². The van der Waals surface area contributed by atoms with Crippen LogP contribution in [-0.4, -0.2) is 11.4 Å². The Morgan fingerprint density at radius 2 is 2.21 bits per heavy atom. The van der Waals surface area contributed by atoms with E-state index in [1.54, 1.807) is 23.1 Å². The lowest BCUT2D eigenvalue weighted by molar-refractivity contribution is 0.279. The molecule has 2 aromatic rings. The van der Waals surface area contributed by atoms with E-state index < -0.39 is 0 Å². The second-order valence-corrected chi connectivity index (χ2v) is 4.91. The first-order chi connectivity index (χ1) is 6.77. The van der Waals surface area contributed by atoms with E-state index in [1.165, 1.54) is 20.5 Å². The van der Waals surface area contributed by atoms with Crippen molar-refractivity contribution >= 4 is 33.2 Å². The van der Waals surface area contributed by atoms with Crippen LogP contribution in [0.3, 0.4) is 0 Å². The summed E-state index contributed by atoms with van der Waals surface area (Å²) in [5.74, 6) is 0. The Morgan fingerprint density at radius 1 is 1.43 bits per heavy atom. The number of rotatable bonds is 2. The summed E-state index contributed by atoms with van der Waals surface area (Å²) in [7, 11) is 0. The molecule has 0 atom stereocenters. The van der Waals surface area contributed by atoms with E-state index in [2.05, 4.69) is 24.6 Å². The summed E-state index contributed by atoms with van der Waals surface area (Å²) in [6.07, 6.45) is 2.06. The molecule has 0 spiro atoms. The number of aryl methyl sites for hydroxylation is 1. The molecule has 1 aromatic heterocycles. The van der Waals surface area contributed by atoms with Crippen LogP contribution in [0, 0.1) is 6.92 Å². The lowest BCUT2D eigenvalue weighted by Crippen LogP contribution is -1.86. The molecule has 1 aromatic carbocycles. The van der Waals surface area contributed by atoms with Gasteiger partial charge in [0.05, 0.1) is 6.61 Å². The van der Waals surface area contributed by atoms with Gasteiger partial charge in [0.2, 0.25) is 0 Å². The zero-order valence-corrected chi connectivity index (χ0v) is 9.84. The van der Waals surface area contributed by atoms with Crippen LogP contribution >= 0.6 is 23.1 Å². The number of aliphatic hydroxyl groups excluding tert-OH is 1. The van der Waals surface area contributed by atoms with Crippen molar-refractivity contribution in [3.05, 3.63) is 28.6 Å². The van der Waals surface area contributed by atoms with Crippen molar-refractivity contribution < 1.29 is 5.11 Å². The Labute approximate surface area is 91.8 Å². The van der Waals surface area contributed by atoms with Crippen molar-refractivity contribution in [2.75, 3.05) is 6.26 Å². The van der Waals surface area contributed by atoms with E-state index in [0.29, 0.717) is 0 Å². The summed E-state index contributed by atoms with van der Waals surface area (Å²) >= 11 is 3.48. The van der Waals surface area contributed by atoms with E-state index >= 15 is 0 Å². The minimum Gasteiger partial charge on any atom is -0.392 e. The van der Waals surface area contributed by atoms with Crippen molar-refractivity contribution in [1.82, 2.24) is 0 Å². The van der Waals surface area contributed by atoms with Crippen LogP contribution in [0.15, 0.2) is 22.4 Å². The summed E-state index contributed by atoms with van der Waals surface area (Å²) in [5.41, 5.74) is 2.36. The third-order valence-electron chi connectivity index (χ3n) is 2.35. The summed E-state index contributed by atoms with van der Waals surface area (Å²) < 4.78 is 1.31. The number of hydrogen-bond acceptors (Lipinski definition) is 3. The summed E-state index contributed by atoms with van der Waals surface area (Å²) in [4.78, 5) is 1.23. The molecule has 14 heavy (non-hydrogen) atoms. The van der Waals surface area contributed by atoms with Gasteiger partial charge in [0, 0.05) is 9.60 Å². The molecule has 0 aliphatic heterocycles. The average Bonchev–Trinajstić information content (AvgIpc) is 2.59. The monoisotopic (exact) mass is 224 g/mol. The highest BCUT2D eigenvalue weighted by molar-refractivity contribution is 7.99. The zero-order chi connectivity index (χ0) is 10.1. The fourth-order valence-corrected chi connectivity index (χ4v) is 3.69. The van der Waals surface area contributed by atoms with Gasteiger partial charge in [0.15, 0.2) is 0 Å². The fraction of sp³-hybridized carbons (Fsp3) is 0.273. The maximum atomic E-state index is 9.21. The molecule has 0 fully saturated rings. The van der Waals surface area contributed by atoms with Gasteiger partial charge in [-0.3, -0.25) is 0 Å². The quantitative estimate of drug-likeness (QED) is 0.789. The van der Waals surface area contributed by atoms with Gasteiger partial charge in [-0.15, -0.1) is 23.1 Å². The van der Waals surface area contributed by atoms with Crippen LogP contribution in [-0.2, 0) is 6.61 Å². The molecule has 1 N–H and O–H groups in total. The predicted octanol–water partition coefficient (Wildman–Crippen LogP) is 3.42. The van der Waals surface area contributed by atoms with E-state index in [4.69, 9.17) is 0 Å². The second-order valence-electron chi connectivity index (χ2n) is 3.21. The topological polar surface area (TPSA) is 20.2 Å². The molecule has 0 saturated carbocycles. The first-order valence-electron chi connectivity index (χ1n) is 4.42. The van der Waals surface area contributed by atoms with Gasteiger partial charge in [-0.05, 0) is 35.1 Å². The van der Waals surface area contributed by atoms with E-state index in [0.717, 1.165) is 5.56 Å². The third kappa shape index (κ3) is 1.45. The maximum Gasteiger partial charge on any atom is 0.0693 e. The van der Waals surface area contributed by atoms with Crippen molar-refractivity contribution in [3.8, 4) is 0 Å². The first-order valence-corrected chi connectivity index (χ1v) is 6.53. The molecule has 0 amide bonds. The van der Waals surface area contributed by atoms with Crippen LogP contribution in [0.2, 0.25) is 0 Å². The molecule has 0 radical (unpaired) electrons. The van der Waals surface area contributed by atoms with Gasteiger partial charge in [-0.2, -0.15) is 0 Å². The largest absolute Gasteiger partial charge is 0.392 e. The molecule has 0 unspecified atom stereocenters. The standard InChI is InChI=1S/C11H12OS2/c1-7-6-14-11-9(7)4-3-8(5-12)10(11)13-2/h3-4,6,12H,5H2,1-2H3. The maximum absolute atomic E-state index is 9.21. The molecule has 3 heteroatoms. The zero-order valence-electron chi connectivity index (χ0n) is 8.20. The Morgan fingerprint density at radius 3 is 2.86 bits per heavy atom. The smallest absolute Gasteiger partial charge is 0.0693 e. The molecular weight excluding hydrogens is 212 g/mol. The van der Waals surface area contributed by atoms with Crippen molar-refractivity contribution in [2.24, 2.45) is 0 Å². The normalized spacial score (nSPS) is 11.1. The van der Waals surface area contributed by atoms with Crippen LogP contribution in [0.5, 0.6) is 0 Å². The lowest BCUT2D eigenvalue weighted by Gasteiger charge is -2.05. The first kappa shape index (κ1) is 10.0. The molecule has 74 valence electrons. The predicted molar refractivity (Wildman–Crippen MR) is 64.3 cm³/mol. The molecule has 0 aliphatic rings. The minimum atomic E-state index is 0.128. The highest BCUT2D eigenvalue weighted by Gasteiger charge is 2.08. The van der Waals surface area contributed by atoms with Gasteiger partial charge in [-0.1, -0.05) is 12.1 Å². The number of aliphatic hydroxyl groups is 1. The number of benzene rings is 1. The van der Waals surface area contributed by atoms with Crippen molar-refractivity contribution in [1.29, 1.82) is 0 Å².